The van der Waals surface area contributed by atoms with Gasteiger partial charge in [0.05, 0.1) is 5.75 Å². The van der Waals surface area contributed by atoms with Crippen molar-refractivity contribution >= 4 is 15.8 Å². The molecule has 2 fully saturated rings. The Kier molecular flexibility index (Phi) is 9.36. The topological polar surface area (TPSA) is 117 Å². The number of sulfonamides is 1. The van der Waals surface area contributed by atoms with E-state index in [1.54, 1.807) is 18.3 Å². The van der Waals surface area contributed by atoms with Gasteiger partial charge in [0.15, 0.2) is 5.82 Å². The van der Waals surface area contributed by atoms with Crippen LogP contribution in [0.3, 0.4) is 0 Å². The lowest BCUT2D eigenvalue weighted by atomic mass is 9.99. The largest absolute Gasteiger partial charge is 0.491 e. The number of nitrogens with zero attached hydrogens (tertiary/aromatic N) is 4. The van der Waals surface area contributed by atoms with Gasteiger partial charge in [-0.05, 0) is 51.8 Å². The van der Waals surface area contributed by atoms with Crippen molar-refractivity contribution in [2.45, 2.75) is 32.8 Å². The average molecular weight is 534 g/mol. The second kappa shape index (κ2) is 12.5. The molecule has 37 heavy (non-hydrogen) atoms. The summed E-state index contributed by atoms with van der Waals surface area (Å²) in [5, 5.41) is 12.9. The molecule has 0 aliphatic carbocycles. The van der Waals surface area contributed by atoms with Gasteiger partial charge in [-0.1, -0.05) is 12.1 Å². The first-order chi connectivity index (χ1) is 17.8. The zero-order chi connectivity index (χ0) is 26.4. The van der Waals surface area contributed by atoms with E-state index in [9.17, 15) is 13.5 Å². The van der Waals surface area contributed by atoms with Gasteiger partial charge in [0.25, 0.3) is 0 Å². The predicted molar refractivity (Wildman–Crippen MR) is 144 cm³/mol. The van der Waals surface area contributed by atoms with E-state index in [-0.39, 0.29) is 12.4 Å². The van der Waals surface area contributed by atoms with Crippen molar-refractivity contribution in [3.8, 4) is 17.1 Å². The summed E-state index contributed by atoms with van der Waals surface area (Å²) in [5.41, 5.74) is 2.86. The highest BCUT2D eigenvalue weighted by atomic mass is 32.2. The van der Waals surface area contributed by atoms with E-state index in [1.165, 1.54) is 0 Å². The van der Waals surface area contributed by atoms with Gasteiger partial charge in [-0.25, -0.2) is 18.4 Å². The molecular weight excluding hydrogens is 494 g/mol. The van der Waals surface area contributed by atoms with E-state index in [4.69, 9.17) is 19.4 Å². The Balaban J connectivity index is 1.61. The molecule has 2 N–H and O–H groups in total. The maximum Gasteiger partial charge on any atom is 0.213 e. The van der Waals surface area contributed by atoms with E-state index in [0.29, 0.717) is 50.2 Å². The van der Waals surface area contributed by atoms with Gasteiger partial charge in [-0.2, -0.15) is 4.31 Å². The van der Waals surface area contributed by atoms with Crippen LogP contribution in [0.1, 0.15) is 24.6 Å². The SMILES string of the molecule is CCS(=O)(=O)N1CCN(c2nc(-c3cccc(OCC(O)CNC)c3)nc(C[C@@H]3CCOC3)c2C)CC1. The van der Waals surface area contributed by atoms with Crippen molar-refractivity contribution in [1.29, 1.82) is 0 Å². The van der Waals surface area contributed by atoms with Crippen molar-refractivity contribution in [2.75, 3.05) is 70.2 Å². The third-order valence-electron chi connectivity index (χ3n) is 7.00. The fraction of sp³-hybridized carbons (Fsp3) is 0.615. The Hall–Kier alpha value is -2.31. The number of ether oxygens (including phenoxy) is 2. The highest BCUT2D eigenvalue weighted by Crippen LogP contribution is 2.30. The van der Waals surface area contributed by atoms with Crippen LogP contribution in [-0.4, -0.2) is 99.2 Å². The number of nitrogens with one attached hydrogen (secondary N) is 1. The standard InChI is InChI=1S/C26H39N5O5S/c1-4-37(33,34)31-11-9-30(10-12-31)26-19(2)24(14-20-8-13-35-17-20)28-25(29-26)21-6-5-7-23(15-21)36-18-22(32)16-27-3/h5-7,15,20,22,27,32H,4,8-14,16-18H2,1-3H3/t20-,22?/m0/s1. The molecule has 1 aromatic heterocycles. The van der Waals surface area contributed by atoms with Crippen molar-refractivity contribution in [3.05, 3.63) is 35.5 Å². The molecule has 0 radical (unpaired) electrons. The number of aliphatic hydroxyl groups excluding tert-OH is 1. The summed E-state index contributed by atoms with van der Waals surface area (Å²) in [4.78, 5) is 12.1. The first kappa shape index (κ1) is 27.7. The maximum atomic E-state index is 12.4. The Bertz CT molecular complexity index is 1150. The molecule has 0 bridgehead atoms. The number of hydrogen-bond donors (Lipinski definition) is 2. The van der Waals surface area contributed by atoms with Crippen molar-refractivity contribution in [2.24, 2.45) is 5.92 Å². The van der Waals surface area contributed by atoms with Gasteiger partial charge in [0.2, 0.25) is 10.0 Å². The number of anilines is 1. The van der Waals surface area contributed by atoms with Crippen LogP contribution < -0.4 is 15.0 Å². The third-order valence-corrected chi connectivity index (χ3v) is 8.88. The van der Waals surface area contributed by atoms with Crippen molar-refractivity contribution in [3.63, 3.8) is 0 Å². The second-order valence-corrected chi connectivity index (χ2v) is 12.0. The first-order valence-corrected chi connectivity index (χ1v) is 14.7. The molecule has 2 aliphatic heterocycles. The van der Waals surface area contributed by atoms with E-state index >= 15 is 0 Å². The molecule has 11 heteroatoms. The monoisotopic (exact) mass is 533 g/mol. The van der Waals surface area contributed by atoms with Crippen LogP contribution in [0.4, 0.5) is 5.82 Å². The van der Waals surface area contributed by atoms with Gasteiger partial charge in [0.1, 0.15) is 24.3 Å². The molecule has 4 rings (SSSR count). The fourth-order valence-corrected chi connectivity index (χ4v) is 5.86. The summed E-state index contributed by atoms with van der Waals surface area (Å²) >= 11 is 0. The molecule has 0 saturated carbocycles. The molecule has 204 valence electrons. The first-order valence-electron chi connectivity index (χ1n) is 13.0. The van der Waals surface area contributed by atoms with E-state index in [2.05, 4.69) is 17.1 Å². The molecule has 2 aromatic rings. The molecule has 0 amide bonds. The Labute approximate surface area is 220 Å². The number of piperazine rings is 1. The van der Waals surface area contributed by atoms with Crippen molar-refractivity contribution in [1.82, 2.24) is 19.6 Å². The third kappa shape index (κ3) is 6.97. The van der Waals surface area contributed by atoms with Gasteiger partial charge in [0, 0.05) is 62.8 Å². The normalized spacial score (nSPS) is 19.8. The Morgan fingerprint density at radius 3 is 2.70 bits per heavy atom. The van der Waals surface area contributed by atoms with Gasteiger partial charge < -0.3 is 24.8 Å². The minimum Gasteiger partial charge on any atom is -0.491 e. The Morgan fingerprint density at radius 2 is 2.03 bits per heavy atom. The number of benzene rings is 1. The lowest BCUT2D eigenvalue weighted by molar-refractivity contribution is 0.108. The van der Waals surface area contributed by atoms with Gasteiger partial charge >= 0.3 is 0 Å². The molecule has 2 atom stereocenters. The molecular formula is C26H39N5O5S. The Morgan fingerprint density at radius 1 is 1.24 bits per heavy atom. The highest BCUT2D eigenvalue weighted by Gasteiger charge is 2.28. The molecule has 0 spiro atoms. The minimum atomic E-state index is -3.21. The summed E-state index contributed by atoms with van der Waals surface area (Å²) in [5.74, 6) is 2.64. The zero-order valence-electron chi connectivity index (χ0n) is 22.0. The van der Waals surface area contributed by atoms with Gasteiger partial charge in [-0.3, -0.25) is 0 Å². The summed E-state index contributed by atoms with van der Waals surface area (Å²) < 4.78 is 37.7. The molecule has 1 unspecified atom stereocenters. The summed E-state index contributed by atoms with van der Waals surface area (Å²) in [6, 6.07) is 7.61. The van der Waals surface area contributed by atoms with Crippen LogP contribution in [0.5, 0.6) is 5.75 Å². The summed E-state index contributed by atoms with van der Waals surface area (Å²) in [6.07, 6.45) is 1.22. The number of rotatable bonds is 11. The van der Waals surface area contributed by atoms with Crippen LogP contribution in [0.15, 0.2) is 24.3 Å². The molecule has 2 aliphatic rings. The number of aliphatic hydroxyl groups is 1. The maximum absolute atomic E-state index is 12.4. The fourth-order valence-electron chi connectivity index (χ4n) is 4.78. The summed E-state index contributed by atoms with van der Waals surface area (Å²) in [7, 11) is -1.42. The minimum absolute atomic E-state index is 0.113. The van der Waals surface area contributed by atoms with E-state index in [1.807, 2.05) is 24.3 Å². The number of aromatic nitrogens is 2. The molecule has 3 heterocycles. The van der Waals surface area contributed by atoms with Crippen LogP contribution >= 0.6 is 0 Å². The van der Waals surface area contributed by atoms with E-state index < -0.39 is 16.1 Å². The number of hydrogen-bond acceptors (Lipinski definition) is 9. The lowest BCUT2D eigenvalue weighted by Gasteiger charge is -2.35. The smallest absolute Gasteiger partial charge is 0.213 e. The van der Waals surface area contributed by atoms with Gasteiger partial charge in [-0.15, -0.1) is 0 Å². The summed E-state index contributed by atoms with van der Waals surface area (Å²) in [6.45, 7) is 7.93. The van der Waals surface area contributed by atoms with Crippen molar-refractivity contribution < 1.29 is 23.0 Å². The average Bonchev–Trinajstić information content (AvgIpc) is 3.42. The number of likely N-dealkylation sites (N-methyl/N-ethyl adjacent to an activating group) is 1. The van der Waals surface area contributed by atoms with Crippen LogP contribution in [0, 0.1) is 12.8 Å². The lowest BCUT2D eigenvalue weighted by Crippen LogP contribution is -2.49. The van der Waals surface area contributed by atoms with Crippen LogP contribution in [0.2, 0.25) is 0 Å². The molecule has 1 aromatic carbocycles. The van der Waals surface area contributed by atoms with Crippen LogP contribution in [0.25, 0.3) is 11.4 Å². The van der Waals surface area contributed by atoms with Crippen LogP contribution in [-0.2, 0) is 21.2 Å². The molecule has 2 saturated heterocycles. The quantitative estimate of drug-likeness (QED) is 0.443. The predicted octanol–water partition coefficient (Wildman–Crippen LogP) is 1.46. The zero-order valence-corrected chi connectivity index (χ0v) is 22.8. The second-order valence-electron chi connectivity index (χ2n) is 9.71. The van der Waals surface area contributed by atoms with E-state index in [0.717, 1.165) is 48.7 Å². The molecule has 10 nitrogen and oxygen atoms in total. The highest BCUT2D eigenvalue weighted by molar-refractivity contribution is 7.89.